The molecule has 2 aromatic carbocycles. The molecule has 2 aromatic rings. The molecule has 0 bridgehead atoms. The third-order valence-electron chi connectivity index (χ3n) is 5.98. The van der Waals surface area contributed by atoms with Gasteiger partial charge in [0, 0.05) is 23.6 Å². The van der Waals surface area contributed by atoms with E-state index in [-0.39, 0.29) is 43.0 Å². The zero-order valence-corrected chi connectivity index (χ0v) is 17.9. The average molecular weight is 418 g/mol. The van der Waals surface area contributed by atoms with E-state index in [1.165, 1.54) is 0 Å². The number of nitrogens with zero attached hydrogens (tertiary/aromatic N) is 3. The van der Waals surface area contributed by atoms with E-state index in [2.05, 4.69) is 11.8 Å². The Bertz CT molecular complexity index is 1010. The number of hydrogen-bond acceptors (Lipinski definition) is 4. The maximum atomic E-state index is 12.9. The van der Waals surface area contributed by atoms with Crippen LogP contribution in [0.5, 0.6) is 0 Å². The first-order valence-corrected chi connectivity index (χ1v) is 10.5. The number of fused-ring (bicyclic) bond motifs is 1. The van der Waals surface area contributed by atoms with Gasteiger partial charge in [-0.05, 0) is 43.9 Å². The largest absolute Gasteiger partial charge is 0.394 e. The molecule has 2 fully saturated rings. The predicted octanol–water partition coefficient (Wildman–Crippen LogP) is 1.41. The second kappa shape index (κ2) is 8.93. The molecule has 6 nitrogen and oxygen atoms in total. The molecule has 4 rings (SSSR count). The first kappa shape index (κ1) is 21.1. The molecule has 160 valence electrons. The van der Waals surface area contributed by atoms with Crippen LogP contribution in [0.15, 0.2) is 54.6 Å². The molecule has 2 aliphatic rings. The van der Waals surface area contributed by atoms with Crippen molar-refractivity contribution >= 4 is 11.8 Å². The smallest absolute Gasteiger partial charge is 0.254 e. The summed E-state index contributed by atoms with van der Waals surface area (Å²) in [6, 6.07) is 16.7. The van der Waals surface area contributed by atoms with Gasteiger partial charge in [-0.25, -0.2) is 0 Å². The van der Waals surface area contributed by atoms with Crippen LogP contribution in [0.4, 0.5) is 0 Å². The molecule has 0 unspecified atom stereocenters. The second-order valence-electron chi connectivity index (χ2n) is 8.36. The van der Waals surface area contributed by atoms with Crippen LogP contribution in [-0.4, -0.2) is 84.0 Å². The van der Waals surface area contributed by atoms with Gasteiger partial charge in [-0.2, -0.15) is 0 Å². The summed E-state index contributed by atoms with van der Waals surface area (Å²) in [4.78, 5) is 31.1. The van der Waals surface area contributed by atoms with Crippen LogP contribution in [0.2, 0.25) is 0 Å². The van der Waals surface area contributed by atoms with Gasteiger partial charge in [0.2, 0.25) is 5.91 Å². The fourth-order valence-corrected chi connectivity index (χ4v) is 4.51. The highest BCUT2D eigenvalue weighted by molar-refractivity contribution is 5.97. The molecular weight excluding hydrogens is 390 g/mol. The van der Waals surface area contributed by atoms with Gasteiger partial charge in [-0.3, -0.25) is 14.5 Å². The van der Waals surface area contributed by atoms with Gasteiger partial charge in [0.15, 0.2) is 0 Å². The number of carbonyl (C=O) groups excluding carboxylic acids is 2. The van der Waals surface area contributed by atoms with Crippen molar-refractivity contribution in [2.24, 2.45) is 0 Å². The van der Waals surface area contributed by atoms with Crippen molar-refractivity contribution in [3.8, 4) is 11.8 Å². The summed E-state index contributed by atoms with van der Waals surface area (Å²) in [7, 11) is 3.96. The monoisotopic (exact) mass is 417 g/mol. The lowest BCUT2D eigenvalue weighted by Crippen LogP contribution is -2.73. The fraction of sp³-hybridized carbons (Fsp3) is 0.360. The molecule has 6 heteroatoms. The van der Waals surface area contributed by atoms with Gasteiger partial charge in [0.25, 0.3) is 5.91 Å². The minimum Gasteiger partial charge on any atom is -0.394 e. The van der Waals surface area contributed by atoms with Crippen molar-refractivity contribution in [1.82, 2.24) is 14.7 Å². The maximum absolute atomic E-state index is 12.9. The summed E-state index contributed by atoms with van der Waals surface area (Å²) in [5, 5.41) is 9.95. The van der Waals surface area contributed by atoms with E-state index in [0.717, 1.165) is 11.1 Å². The minimum absolute atomic E-state index is 0.0101. The van der Waals surface area contributed by atoms with Crippen LogP contribution < -0.4 is 0 Å². The summed E-state index contributed by atoms with van der Waals surface area (Å²) in [5.74, 6) is 6.02. The van der Waals surface area contributed by atoms with Crippen LogP contribution in [-0.2, 0) is 4.79 Å². The molecule has 2 aliphatic heterocycles. The van der Waals surface area contributed by atoms with Gasteiger partial charge in [0.05, 0.1) is 25.2 Å². The molecule has 0 aliphatic carbocycles. The van der Waals surface area contributed by atoms with Gasteiger partial charge in [-0.15, -0.1) is 0 Å². The predicted molar refractivity (Wildman–Crippen MR) is 118 cm³/mol. The number of hydrogen-bond donors (Lipinski definition) is 1. The summed E-state index contributed by atoms with van der Waals surface area (Å²) in [5.41, 5.74) is 2.57. The topological polar surface area (TPSA) is 64.1 Å². The molecule has 0 radical (unpaired) electrons. The number of benzene rings is 2. The Morgan fingerprint density at radius 1 is 1.13 bits per heavy atom. The van der Waals surface area contributed by atoms with Crippen LogP contribution in [0, 0.1) is 11.8 Å². The van der Waals surface area contributed by atoms with Crippen LogP contribution in [0.25, 0.3) is 0 Å². The molecule has 3 atom stereocenters. The molecule has 1 N–H and O–H groups in total. The molecule has 2 saturated heterocycles. The Morgan fingerprint density at radius 2 is 1.84 bits per heavy atom. The lowest BCUT2D eigenvalue weighted by Gasteiger charge is -2.58. The molecule has 2 amide bonds. The van der Waals surface area contributed by atoms with E-state index >= 15 is 0 Å². The van der Waals surface area contributed by atoms with Crippen molar-refractivity contribution in [3.63, 3.8) is 0 Å². The molecule has 0 spiro atoms. The minimum atomic E-state index is -0.253. The van der Waals surface area contributed by atoms with E-state index in [0.29, 0.717) is 18.7 Å². The van der Waals surface area contributed by atoms with Crippen molar-refractivity contribution in [3.05, 3.63) is 71.3 Å². The number of aliphatic hydroxyl groups excluding tert-OH is 1. The number of aliphatic hydroxyl groups is 1. The first-order valence-electron chi connectivity index (χ1n) is 10.5. The van der Waals surface area contributed by atoms with Crippen molar-refractivity contribution < 1.29 is 14.7 Å². The van der Waals surface area contributed by atoms with E-state index in [1.807, 2.05) is 61.5 Å². The summed E-state index contributed by atoms with van der Waals surface area (Å²) < 4.78 is 0. The molecule has 2 heterocycles. The van der Waals surface area contributed by atoms with Gasteiger partial charge in [-0.1, -0.05) is 42.2 Å². The quantitative estimate of drug-likeness (QED) is 0.765. The Hall–Kier alpha value is -3.14. The van der Waals surface area contributed by atoms with E-state index in [4.69, 9.17) is 0 Å². The Labute approximate surface area is 183 Å². The zero-order chi connectivity index (χ0) is 22.0. The zero-order valence-electron chi connectivity index (χ0n) is 17.9. The van der Waals surface area contributed by atoms with Gasteiger partial charge in [0.1, 0.15) is 6.54 Å². The van der Waals surface area contributed by atoms with Crippen molar-refractivity contribution in [2.45, 2.75) is 18.0 Å². The van der Waals surface area contributed by atoms with Gasteiger partial charge < -0.3 is 14.9 Å². The van der Waals surface area contributed by atoms with Crippen LogP contribution in [0.3, 0.4) is 0 Å². The maximum Gasteiger partial charge on any atom is 0.254 e. The summed E-state index contributed by atoms with van der Waals surface area (Å²) >= 11 is 0. The SMILES string of the molecule is CN(C)CC#Cc1ccc([C@@H]2[C@H]3CN(C(=O)c4ccccc4)CC(=O)N3[C@H]2CO)cc1. The third-order valence-corrected chi connectivity index (χ3v) is 5.98. The van der Waals surface area contributed by atoms with Crippen molar-refractivity contribution in [1.29, 1.82) is 0 Å². The highest BCUT2D eigenvalue weighted by Crippen LogP contribution is 2.43. The second-order valence-corrected chi connectivity index (χ2v) is 8.36. The normalized spacial score (nSPS) is 22.5. The Balaban J connectivity index is 1.52. The van der Waals surface area contributed by atoms with Crippen molar-refractivity contribution in [2.75, 3.05) is 40.3 Å². The summed E-state index contributed by atoms with van der Waals surface area (Å²) in [6.07, 6.45) is 0. The fourth-order valence-electron chi connectivity index (χ4n) is 4.51. The van der Waals surface area contributed by atoms with Gasteiger partial charge >= 0.3 is 0 Å². The number of carbonyl (C=O) groups is 2. The number of rotatable bonds is 4. The van der Waals surface area contributed by atoms with E-state index in [9.17, 15) is 14.7 Å². The molecule has 0 saturated carbocycles. The van der Waals surface area contributed by atoms with Crippen LogP contribution in [0.1, 0.15) is 27.4 Å². The molecule has 31 heavy (non-hydrogen) atoms. The molecular formula is C25H27N3O3. The van der Waals surface area contributed by atoms with E-state index in [1.54, 1.807) is 21.9 Å². The first-order chi connectivity index (χ1) is 15.0. The number of piperazine rings is 1. The standard InChI is InChI=1S/C25H27N3O3/c1-26(2)14-6-7-18-10-12-19(13-11-18)24-21-15-27(16-23(30)28(21)22(24)17-29)25(31)20-8-4-3-5-9-20/h3-5,8-13,21-22,24,29H,14-17H2,1-2H3/t21-,22+,24-/m1/s1. The highest BCUT2D eigenvalue weighted by atomic mass is 16.3. The Morgan fingerprint density at radius 3 is 2.48 bits per heavy atom. The lowest BCUT2D eigenvalue weighted by molar-refractivity contribution is -0.159. The highest BCUT2D eigenvalue weighted by Gasteiger charge is 2.54. The number of amides is 2. The average Bonchev–Trinajstić information content (AvgIpc) is 2.76. The van der Waals surface area contributed by atoms with Crippen LogP contribution >= 0.6 is 0 Å². The third kappa shape index (κ3) is 4.20. The summed E-state index contributed by atoms with van der Waals surface area (Å²) in [6.45, 7) is 1.12. The van der Waals surface area contributed by atoms with E-state index < -0.39 is 0 Å². The molecule has 0 aromatic heterocycles. The Kier molecular flexibility index (Phi) is 6.08. The lowest BCUT2D eigenvalue weighted by atomic mass is 9.73.